The molecular formula is C8H13NO. The Balaban J connectivity index is 2.66. The normalized spacial score (nSPS) is 18.7. The maximum absolute atomic E-state index is 10.8. The lowest BCUT2D eigenvalue weighted by atomic mass is 9.98. The predicted molar refractivity (Wildman–Crippen MR) is 40.5 cm³/mol. The first-order chi connectivity index (χ1) is 4.70. The van der Waals surface area contributed by atoms with Gasteiger partial charge in [0.25, 0.3) is 0 Å². The monoisotopic (exact) mass is 139 g/mol. The van der Waals surface area contributed by atoms with Crippen LogP contribution in [0.1, 0.15) is 20.3 Å². The zero-order valence-corrected chi connectivity index (χ0v) is 6.48. The van der Waals surface area contributed by atoms with E-state index in [1.54, 1.807) is 6.08 Å². The molecule has 0 saturated heterocycles. The lowest BCUT2D eigenvalue weighted by molar-refractivity contribution is -0.116. The number of carbonyl (C=O) groups excluding carboxylic acids is 1. The summed E-state index contributed by atoms with van der Waals surface area (Å²) in [6, 6.07) is 0. The van der Waals surface area contributed by atoms with Crippen LogP contribution in [0.15, 0.2) is 11.6 Å². The second-order valence-corrected chi connectivity index (χ2v) is 2.91. The summed E-state index contributed by atoms with van der Waals surface area (Å²) in [4.78, 5) is 10.8. The number of hydrogen-bond acceptors (Lipinski definition) is 1. The van der Waals surface area contributed by atoms with Crippen LogP contribution in [0, 0.1) is 5.92 Å². The molecular weight excluding hydrogens is 126 g/mol. The van der Waals surface area contributed by atoms with Crippen molar-refractivity contribution >= 4 is 5.91 Å². The van der Waals surface area contributed by atoms with Gasteiger partial charge >= 0.3 is 0 Å². The fraction of sp³-hybridized carbons (Fsp3) is 0.625. The summed E-state index contributed by atoms with van der Waals surface area (Å²) >= 11 is 0. The van der Waals surface area contributed by atoms with Crippen LogP contribution in [0.2, 0.25) is 0 Å². The van der Waals surface area contributed by atoms with Crippen molar-refractivity contribution in [2.24, 2.45) is 5.92 Å². The summed E-state index contributed by atoms with van der Waals surface area (Å²) < 4.78 is 0. The Labute approximate surface area is 61.3 Å². The first-order valence-electron chi connectivity index (χ1n) is 3.68. The van der Waals surface area contributed by atoms with Crippen molar-refractivity contribution in [3.63, 3.8) is 0 Å². The maximum Gasteiger partial charge on any atom is 0.243 e. The van der Waals surface area contributed by atoms with E-state index in [0.717, 1.165) is 13.0 Å². The van der Waals surface area contributed by atoms with Crippen LogP contribution in [0.25, 0.3) is 0 Å². The minimum Gasteiger partial charge on any atom is -0.352 e. The van der Waals surface area contributed by atoms with Crippen LogP contribution < -0.4 is 5.32 Å². The lowest BCUT2D eigenvalue weighted by Crippen LogP contribution is -2.28. The Morgan fingerprint density at radius 2 is 2.30 bits per heavy atom. The number of nitrogens with one attached hydrogen (secondary N) is 1. The molecule has 0 unspecified atom stereocenters. The Hall–Kier alpha value is -0.790. The quantitative estimate of drug-likeness (QED) is 0.579. The van der Waals surface area contributed by atoms with Crippen molar-refractivity contribution in [1.82, 2.24) is 5.32 Å². The third-order valence-electron chi connectivity index (χ3n) is 1.77. The second kappa shape index (κ2) is 2.86. The average molecular weight is 139 g/mol. The highest BCUT2D eigenvalue weighted by Gasteiger charge is 2.10. The first kappa shape index (κ1) is 7.32. The fourth-order valence-electron chi connectivity index (χ4n) is 1.08. The molecule has 0 aromatic heterocycles. The maximum atomic E-state index is 10.8. The molecule has 1 aliphatic heterocycles. The Kier molecular flexibility index (Phi) is 2.10. The molecule has 0 fully saturated rings. The van der Waals surface area contributed by atoms with E-state index in [9.17, 15) is 4.79 Å². The molecule has 0 saturated carbocycles. The topological polar surface area (TPSA) is 29.1 Å². The Morgan fingerprint density at radius 1 is 1.60 bits per heavy atom. The minimum absolute atomic E-state index is 0.0648. The molecule has 0 radical (unpaired) electrons. The van der Waals surface area contributed by atoms with Crippen LogP contribution in [0.4, 0.5) is 0 Å². The van der Waals surface area contributed by atoms with Gasteiger partial charge in [-0.05, 0) is 12.3 Å². The molecule has 1 amide bonds. The Morgan fingerprint density at radius 3 is 2.70 bits per heavy atom. The molecule has 0 aromatic carbocycles. The van der Waals surface area contributed by atoms with Crippen LogP contribution in [0.5, 0.6) is 0 Å². The van der Waals surface area contributed by atoms with E-state index in [4.69, 9.17) is 0 Å². The number of hydrogen-bond donors (Lipinski definition) is 1. The standard InChI is InChI=1S/C8H13NO/c1-6(2)7-3-4-9-8(10)5-7/h5-6H,3-4H2,1-2H3,(H,9,10). The number of amides is 1. The van der Waals surface area contributed by atoms with Crippen LogP contribution >= 0.6 is 0 Å². The molecule has 0 atom stereocenters. The molecule has 1 rings (SSSR count). The summed E-state index contributed by atoms with van der Waals surface area (Å²) in [5, 5.41) is 2.75. The molecule has 2 heteroatoms. The zero-order valence-electron chi connectivity index (χ0n) is 6.48. The van der Waals surface area contributed by atoms with Crippen molar-refractivity contribution in [1.29, 1.82) is 0 Å². The van der Waals surface area contributed by atoms with Crippen molar-refractivity contribution in [2.75, 3.05) is 6.54 Å². The van der Waals surface area contributed by atoms with Gasteiger partial charge in [-0.15, -0.1) is 0 Å². The molecule has 10 heavy (non-hydrogen) atoms. The molecule has 0 aromatic rings. The SMILES string of the molecule is CC(C)C1=CC(=O)NCC1. The van der Waals surface area contributed by atoms with Gasteiger partial charge in [0.15, 0.2) is 0 Å². The summed E-state index contributed by atoms with van der Waals surface area (Å²) in [6.07, 6.45) is 2.73. The van der Waals surface area contributed by atoms with Gasteiger partial charge in [-0.2, -0.15) is 0 Å². The van der Waals surface area contributed by atoms with Gasteiger partial charge in [0.05, 0.1) is 0 Å². The van der Waals surface area contributed by atoms with Crippen molar-refractivity contribution in [3.05, 3.63) is 11.6 Å². The van der Waals surface area contributed by atoms with Gasteiger partial charge < -0.3 is 5.32 Å². The van der Waals surface area contributed by atoms with Crippen LogP contribution in [-0.2, 0) is 4.79 Å². The van der Waals surface area contributed by atoms with Crippen LogP contribution in [-0.4, -0.2) is 12.5 Å². The van der Waals surface area contributed by atoms with Crippen LogP contribution in [0.3, 0.4) is 0 Å². The summed E-state index contributed by atoms with van der Waals surface area (Å²) in [6.45, 7) is 5.04. The first-order valence-corrected chi connectivity index (χ1v) is 3.68. The number of carbonyl (C=O) groups is 1. The predicted octanol–water partition coefficient (Wildman–Crippen LogP) is 1.09. The highest BCUT2D eigenvalue weighted by molar-refractivity contribution is 5.89. The smallest absolute Gasteiger partial charge is 0.243 e. The van der Waals surface area contributed by atoms with Gasteiger partial charge in [-0.25, -0.2) is 0 Å². The van der Waals surface area contributed by atoms with Crippen molar-refractivity contribution < 1.29 is 4.79 Å². The van der Waals surface area contributed by atoms with Gasteiger partial charge in [-0.1, -0.05) is 19.4 Å². The molecule has 1 N–H and O–H groups in total. The zero-order chi connectivity index (χ0) is 7.56. The van der Waals surface area contributed by atoms with Gasteiger partial charge in [0.1, 0.15) is 0 Å². The molecule has 0 spiro atoms. The van der Waals surface area contributed by atoms with E-state index in [2.05, 4.69) is 19.2 Å². The average Bonchev–Trinajstić information content (AvgIpc) is 1.88. The fourth-order valence-corrected chi connectivity index (χ4v) is 1.08. The van der Waals surface area contributed by atoms with Gasteiger partial charge in [0, 0.05) is 12.6 Å². The van der Waals surface area contributed by atoms with E-state index in [-0.39, 0.29) is 5.91 Å². The van der Waals surface area contributed by atoms with E-state index < -0.39 is 0 Å². The van der Waals surface area contributed by atoms with E-state index >= 15 is 0 Å². The highest BCUT2D eigenvalue weighted by atomic mass is 16.1. The second-order valence-electron chi connectivity index (χ2n) is 2.91. The van der Waals surface area contributed by atoms with E-state index in [1.807, 2.05) is 0 Å². The highest BCUT2D eigenvalue weighted by Crippen LogP contribution is 2.14. The van der Waals surface area contributed by atoms with E-state index in [1.165, 1.54) is 5.57 Å². The molecule has 1 aliphatic rings. The summed E-state index contributed by atoms with van der Waals surface area (Å²) in [5.74, 6) is 0.584. The molecule has 2 nitrogen and oxygen atoms in total. The van der Waals surface area contributed by atoms with E-state index in [0.29, 0.717) is 5.92 Å². The van der Waals surface area contributed by atoms with Gasteiger partial charge in [0.2, 0.25) is 5.91 Å². The molecule has 1 heterocycles. The molecule has 0 aliphatic carbocycles. The lowest BCUT2D eigenvalue weighted by Gasteiger charge is -2.15. The molecule has 56 valence electrons. The van der Waals surface area contributed by atoms with Gasteiger partial charge in [-0.3, -0.25) is 4.79 Å². The van der Waals surface area contributed by atoms with Crippen molar-refractivity contribution in [3.8, 4) is 0 Å². The minimum atomic E-state index is 0.0648. The third kappa shape index (κ3) is 1.59. The largest absolute Gasteiger partial charge is 0.352 e. The number of rotatable bonds is 1. The summed E-state index contributed by atoms with van der Waals surface area (Å²) in [7, 11) is 0. The summed E-state index contributed by atoms with van der Waals surface area (Å²) in [5.41, 5.74) is 1.27. The third-order valence-corrected chi connectivity index (χ3v) is 1.77. The Bertz CT molecular complexity index is 170. The molecule has 0 bridgehead atoms. The van der Waals surface area contributed by atoms with Crippen molar-refractivity contribution in [2.45, 2.75) is 20.3 Å².